The Balaban J connectivity index is 0.000000167. The fraction of sp³-hybridized carbons (Fsp3) is 0.231. The maximum Gasteiger partial charge on any atom is 0.140 e. The van der Waals surface area contributed by atoms with Gasteiger partial charge in [-0.05, 0) is 145 Å². The van der Waals surface area contributed by atoms with Crippen LogP contribution in [-0.2, 0) is 27.1 Å². The molecule has 0 aliphatic carbocycles. The molecule has 0 N–H and O–H groups in total. The molecule has 17 rings (SSSR count). The molecule has 0 spiro atoms. The number of pyridine rings is 4. The van der Waals surface area contributed by atoms with E-state index in [1.807, 2.05) is 36.8 Å². The summed E-state index contributed by atoms with van der Waals surface area (Å²) in [4.78, 5) is 19.0. The maximum atomic E-state index is 5.36. The zero-order chi connectivity index (χ0) is 75.3. The minimum atomic E-state index is -0.0377. The Kier molecular flexibility index (Phi) is 26.1. The Bertz CT molecular complexity index is 5500. The first-order valence-corrected chi connectivity index (χ1v) is 37.4. The molecule has 0 saturated heterocycles. The van der Waals surface area contributed by atoms with Gasteiger partial charge in [-0.1, -0.05) is 364 Å². The third-order valence-corrected chi connectivity index (χ3v) is 19.9. The SMILES string of the molecule is C.C.C.C.CC(C)(C)c1cc(-c2ccccc2)nc(-c2ccccc2)c1.CC(C)(C)c1cc(-n2c3ccccc3c3ccccc32)nc(-n2c3ccccc3c3ccccc32)c1.CC(C)(C)c1ccc(-c2ccccc2)cc1.CC(C)(C)c1ccc(-n2c3ccccc3c3ccccc32)nc1.CC(C)(C)c1ccncc1. The Labute approximate surface area is 662 Å². The lowest BCUT2D eigenvalue weighted by molar-refractivity contribution is 0.587. The smallest absolute Gasteiger partial charge is 0.140 e. The monoisotopic (exact) mass is 1460 g/mol. The molecule has 10 aromatic carbocycles. The summed E-state index contributed by atoms with van der Waals surface area (Å²) in [6, 6.07) is 109. The van der Waals surface area contributed by atoms with Gasteiger partial charge < -0.3 is 0 Å². The van der Waals surface area contributed by atoms with Gasteiger partial charge in [0.1, 0.15) is 17.5 Å². The van der Waals surface area contributed by atoms with Crippen molar-refractivity contribution in [3.63, 3.8) is 0 Å². The molecule has 0 fully saturated rings. The van der Waals surface area contributed by atoms with Gasteiger partial charge in [-0.3, -0.25) is 18.7 Å². The Hall–Kier alpha value is -11.8. The van der Waals surface area contributed by atoms with Crippen LogP contribution in [-0.4, -0.2) is 33.6 Å². The Morgan fingerprint density at radius 1 is 0.216 bits per heavy atom. The van der Waals surface area contributed by atoms with Crippen LogP contribution < -0.4 is 0 Å². The van der Waals surface area contributed by atoms with Gasteiger partial charge in [-0.2, -0.15) is 0 Å². The second-order valence-electron chi connectivity index (χ2n) is 32.9. The minimum Gasteiger partial charge on any atom is -0.294 e. The molecule has 0 radical (unpaired) electrons. The number of benzene rings is 10. The van der Waals surface area contributed by atoms with Gasteiger partial charge in [0.25, 0.3) is 0 Å². The molecule has 17 aromatic rings. The number of nitrogens with zero attached hydrogens (tertiary/aromatic N) is 7. The Morgan fingerprint density at radius 2 is 0.477 bits per heavy atom. The maximum absolute atomic E-state index is 5.36. The van der Waals surface area contributed by atoms with Crippen molar-refractivity contribution in [2.45, 2.75) is 161 Å². The molecule has 0 aliphatic heterocycles. The van der Waals surface area contributed by atoms with Crippen LogP contribution in [0.3, 0.4) is 0 Å². The van der Waals surface area contributed by atoms with E-state index in [0.717, 1.165) is 40.0 Å². The van der Waals surface area contributed by atoms with Crippen molar-refractivity contribution in [1.82, 2.24) is 33.6 Å². The molecule has 111 heavy (non-hydrogen) atoms. The van der Waals surface area contributed by atoms with Crippen molar-refractivity contribution < 1.29 is 0 Å². The van der Waals surface area contributed by atoms with Crippen LogP contribution >= 0.6 is 0 Å². The van der Waals surface area contributed by atoms with Crippen LogP contribution in [0.4, 0.5) is 0 Å². The average molecular weight is 1460 g/mol. The molecule has 566 valence electrons. The van der Waals surface area contributed by atoms with Gasteiger partial charge in [0, 0.05) is 62.0 Å². The van der Waals surface area contributed by atoms with Crippen LogP contribution in [0.5, 0.6) is 0 Å². The van der Waals surface area contributed by atoms with E-state index >= 15 is 0 Å². The third-order valence-electron chi connectivity index (χ3n) is 19.9. The number of fused-ring (bicyclic) bond motifs is 9. The molecule has 7 nitrogen and oxygen atoms in total. The standard InChI is InChI=1S/C33H27N3.C21H20N2.C21H21N.C16H18.C9H13N.4CH4/c1-33(2,3)22-20-31(35-27-16-8-4-12-23(27)24-13-5-9-17-28(24)35)34-32(21-22)36-29-18-10-6-14-25(29)26-15-7-11-19-30(26)36;1-21(2,3)15-12-13-20(22-14-15)23-18-10-6-4-8-16(18)17-9-5-7-11-19(17)23;1-21(2,3)18-14-19(16-10-6-4-7-11-16)22-20(15-18)17-12-8-5-9-13-17;1-16(2,3)15-11-9-14(10-12-15)13-7-5-4-6-8-13;1-9(2,3)8-4-6-10-7-5-8;;;;/h4-21H,1-3H3;4-14H,1-3H3;4-15H,1-3H3;4-12H,1-3H3;4-7H,1-3H3;4*1H4. The molecule has 0 amide bonds. The van der Waals surface area contributed by atoms with Crippen molar-refractivity contribution in [3.05, 3.63) is 356 Å². The summed E-state index contributed by atoms with van der Waals surface area (Å²) in [5.41, 5.74) is 21.2. The fourth-order valence-corrected chi connectivity index (χ4v) is 13.8. The van der Waals surface area contributed by atoms with Gasteiger partial charge >= 0.3 is 0 Å². The average Bonchev–Trinajstić information content (AvgIpc) is 1.59. The molecule has 0 bridgehead atoms. The van der Waals surface area contributed by atoms with Crippen LogP contribution in [0, 0.1) is 0 Å². The molecular weight excluding hydrogens is 1350 g/mol. The normalized spacial score (nSPS) is 11.5. The lowest BCUT2D eigenvalue weighted by atomic mass is 9.85. The highest BCUT2D eigenvalue weighted by Gasteiger charge is 2.24. The van der Waals surface area contributed by atoms with E-state index in [2.05, 4.69) is 414 Å². The summed E-state index contributed by atoms with van der Waals surface area (Å²) in [7, 11) is 0. The van der Waals surface area contributed by atoms with E-state index in [4.69, 9.17) is 15.0 Å². The first-order valence-electron chi connectivity index (χ1n) is 37.4. The number of para-hydroxylation sites is 6. The predicted molar refractivity (Wildman–Crippen MR) is 483 cm³/mol. The van der Waals surface area contributed by atoms with Gasteiger partial charge in [-0.25, -0.2) is 15.0 Å². The summed E-state index contributed by atoms with van der Waals surface area (Å²) >= 11 is 0. The van der Waals surface area contributed by atoms with E-state index in [-0.39, 0.29) is 56.8 Å². The van der Waals surface area contributed by atoms with Crippen molar-refractivity contribution in [2.24, 2.45) is 0 Å². The number of hydrogen-bond donors (Lipinski definition) is 0. The van der Waals surface area contributed by atoms with Crippen molar-refractivity contribution in [1.29, 1.82) is 0 Å². The first kappa shape index (κ1) is 83.2. The Morgan fingerprint density at radius 3 is 0.775 bits per heavy atom. The topological polar surface area (TPSA) is 66.3 Å². The number of hydrogen-bond acceptors (Lipinski definition) is 4. The van der Waals surface area contributed by atoms with Gasteiger partial charge in [0.2, 0.25) is 0 Å². The van der Waals surface area contributed by atoms with Crippen molar-refractivity contribution in [2.75, 3.05) is 0 Å². The first-order chi connectivity index (χ1) is 51.3. The van der Waals surface area contributed by atoms with Gasteiger partial charge in [-0.15, -0.1) is 0 Å². The van der Waals surface area contributed by atoms with Crippen molar-refractivity contribution in [3.8, 4) is 51.1 Å². The van der Waals surface area contributed by atoms with E-state index in [0.29, 0.717) is 0 Å². The highest BCUT2D eigenvalue weighted by molar-refractivity contribution is 6.11. The van der Waals surface area contributed by atoms with Crippen LogP contribution in [0.2, 0.25) is 0 Å². The van der Waals surface area contributed by atoms with Crippen LogP contribution in [0.1, 0.15) is 161 Å². The van der Waals surface area contributed by atoms with E-state index in [1.54, 1.807) is 0 Å². The highest BCUT2D eigenvalue weighted by atomic mass is 15.1. The highest BCUT2D eigenvalue weighted by Crippen LogP contribution is 2.39. The molecular formula is C104H115N7. The fourth-order valence-electron chi connectivity index (χ4n) is 13.8. The lowest BCUT2D eigenvalue weighted by Crippen LogP contribution is -2.14. The molecule has 0 aliphatic rings. The summed E-state index contributed by atoms with van der Waals surface area (Å²) in [5.74, 6) is 2.85. The van der Waals surface area contributed by atoms with E-state index in [9.17, 15) is 0 Å². The minimum absolute atomic E-state index is 0. The van der Waals surface area contributed by atoms with E-state index in [1.165, 1.54) is 104 Å². The quantitative estimate of drug-likeness (QED) is 0.166. The zero-order valence-corrected chi connectivity index (χ0v) is 64.8. The molecule has 7 heteroatoms. The predicted octanol–water partition coefficient (Wildman–Crippen LogP) is 29.3. The third kappa shape index (κ3) is 18.7. The molecule has 7 aromatic heterocycles. The van der Waals surface area contributed by atoms with Crippen molar-refractivity contribution >= 4 is 65.4 Å². The van der Waals surface area contributed by atoms with Gasteiger partial charge in [0.05, 0.1) is 44.5 Å². The van der Waals surface area contributed by atoms with Crippen LogP contribution in [0.15, 0.2) is 328 Å². The lowest BCUT2D eigenvalue weighted by Gasteiger charge is -2.22. The number of rotatable bonds is 6. The zero-order valence-electron chi connectivity index (χ0n) is 64.8. The van der Waals surface area contributed by atoms with Crippen LogP contribution in [0.25, 0.3) is 117 Å². The summed E-state index contributed by atoms with van der Waals surface area (Å²) in [6.07, 6.45) is 5.67. The summed E-state index contributed by atoms with van der Waals surface area (Å²) in [5, 5.41) is 7.52. The number of aromatic nitrogens is 7. The molecule has 7 heterocycles. The summed E-state index contributed by atoms with van der Waals surface area (Å²) < 4.78 is 6.88. The second-order valence-corrected chi connectivity index (χ2v) is 32.9. The molecule has 0 atom stereocenters. The molecule has 0 unspecified atom stereocenters. The van der Waals surface area contributed by atoms with Gasteiger partial charge in [0.15, 0.2) is 0 Å². The second kappa shape index (κ2) is 34.8. The largest absolute Gasteiger partial charge is 0.294 e. The van der Waals surface area contributed by atoms with E-state index < -0.39 is 0 Å². The molecule has 0 saturated carbocycles. The summed E-state index contributed by atoms with van der Waals surface area (Å²) in [6.45, 7) is 33.5.